The van der Waals surface area contributed by atoms with Gasteiger partial charge in [-0.2, -0.15) is 5.10 Å². The molecule has 3 rings (SSSR count). The molecular formula is C17H23ClN6O2. The second-order valence-electron chi connectivity index (χ2n) is 6.45. The standard InChI is InChI=1S/C17H23ClN6O2/c1-3-12-11(16(18)23(2)22-12)9-24-7-4-13(15(25)10-24)21-17(26)14-8-19-5-6-20-14/h5-6,8,13,15,25H,3-4,7,9-10H2,1-2H3,(H,21,26)/t13-,15-/m0/s1. The van der Waals surface area contributed by atoms with Crippen LogP contribution < -0.4 is 5.32 Å². The molecule has 0 aromatic carbocycles. The molecule has 2 N–H and O–H groups in total. The number of carbonyl (C=O) groups is 1. The van der Waals surface area contributed by atoms with Gasteiger partial charge in [0.25, 0.3) is 5.91 Å². The maximum absolute atomic E-state index is 12.2. The molecular weight excluding hydrogens is 356 g/mol. The third-order valence-electron chi connectivity index (χ3n) is 4.65. The average Bonchev–Trinajstić information content (AvgIpc) is 2.92. The summed E-state index contributed by atoms with van der Waals surface area (Å²) in [6.07, 6.45) is 5.18. The average molecular weight is 379 g/mol. The second-order valence-corrected chi connectivity index (χ2v) is 6.81. The molecule has 2 aromatic heterocycles. The lowest BCUT2D eigenvalue weighted by Crippen LogP contribution is -2.53. The Bertz CT molecular complexity index is 766. The summed E-state index contributed by atoms with van der Waals surface area (Å²) in [7, 11) is 1.83. The monoisotopic (exact) mass is 378 g/mol. The quantitative estimate of drug-likeness (QED) is 0.798. The topological polar surface area (TPSA) is 96.2 Å². The molecule has 0 saturated carbocycles. The van der Waals surface area contributed by atoms with Gasteiger partial charge >= 0.3 is 0 Å². The zero-order chi connectivity index (χ0) is 18.7. The number of aliphatic hydroxyl groups is 1. The molecule has 0 bridgehead atoms. The van der Waals surface area contributed by atoms with E-state index < -0.39 is 6.10 Å². The normalized spacial score (nSPS) is 20.9. The van der Waals surface area contributed by atoms with Crippen LogP contribution in [-0.4, -0.2) is 60.9 Å². The molecule has 26 heavy (non-hydrogen) atoms. The van der Waals surface area contributed by atoms with Crippen LogP contribution in [0, 0.1) is 0 Å². The maximum Gasteiger partial charge on any atom is 0.271 e. The molecule has 0 unspecified atom stereocenters. The van der Waals surface area contributed by atoms with Crippen LogP contribution in [0.25, 0.3) is 0 Å². The van der Waals surface area contributed by atoms with E-state index in [1.165, 1.54) is 18.6 Å². The number of nitrogens with zero attached hydrogens (tertiary/aromatic N) is 5. The number of aliphatic hydroxyl groups excluding tert-OH is 1. The summed E-state index contributed by atoms with van der Waals surface area (Å²) in [5.74, 6) is -0.320. The van der Waals surface area contributed by atoms with E-state index in [0.717, 1.165) is 24.2 Å². The van der Waals surface area contributed by atoms with Crippen LogP contribution in [0.4, 0.5) is 0 Å². The summed E-state index contributed by atoms with van der Waals surface area (Å²) in [5.41, 5.74) is 2.23. The number of carbonyl (C=O) groups excluding carboxylic acids is 1. The molecule has 0 spiro atoms. The van der Waals surface area contributed by atoms with Gasteiger partial charge in [0.1, 0.15) is 10.8 Å². The van der Waals surface area contributed by atoms with Gasteiger partial charge in [-0.25, -0.2) is 4.98 Å². The number of β-amino-alcohol motifs (C(OH)–C–C–N with tert-alkyl or cyclic N) is 1. The molecule has 1 amide bonds. The van der Waals surface area contributed by atoms with Crippen molar-refractivity contribution in [2.45, 2.75) is 38.5 Å². The molecule has 1 fully saturated rings. The van der Waals surface area contributed by atoms with Crippen molar-refractivity contribution >= 4 is 17.5 Å². The number of aryl methyl sites for hydroxylation is 2. The summed E-state index contributed by atoms with van der Waals surface area (Å²) >= 11 is 6.36. The highest BCUT2D eigenvalue weighted by Gasteiger charge is 2.30. The fourth-order valence-corrected chi connectivity index (χ4v) is 3.44. The highest BCUT2D eigenvalue weighted by molar-refractivity contribution is 6.30. The van der Waals surface area contributed by atoms with Crippen molar-refractivity contribution in [1.29, 1.82) is 0 Å². The number of hydrogen-bond donors (Lipinski definition) is 2. The first-order valence-electron chi connectivity index (χ1n) is 8.67. The molecule has 1 aliphatic rings. The van der Waals surface area contributed by atoms with Crippen LogP contribution >= 0.6 is 11.6 Å². The van der Waals surface area contributed by atoms with Crippen molar-refractivity contribution < 1.29 is 9.90 Å². The van der Waals surface area contributed by atoms with Crippen LogP contribution in [0.5, 0.6) is 0 Å². The van der Waals surface area contributed by atoms with E-state index >= 15 is 0 Å². The van der Waals surface area contributed by atoms with Gasteiger partial charge in [0.2, 0.25) is 0 Å². The Morgan fingerprint density at radius 2 is 2.27 bits per heavy atom. The summed E-state index contributed by atoms with van der Waals surface area (Å²) < 4.78 is 1.68. The van der Waals surface area contributed by atoms with E-state index in [1.54, 1.807) is 4.68 Å². The van der Waals surface area contributed by atoms with Crippen LogP contribution in [0.15, 0.2) is 18.6 Å². The zero-order valence-corrected chi connectivity index (χ0v) is 15.6. The van der Waals surface area contributed by atoms with E-state index in [0.29, 0.717) is 24.7 Å². The predicted molar refractivity (Wildman–Crippen MR) is 96.8 cm³/mol. The van der Waals surface area contributed by atoms with E-state index in [4.69, 9.17) is 11.6 Å². The predicted octanol–water partition coefficient (Wildman–Crippen LogP) is 0.791. The molecule has 8 nitrogen and oxygen atoms in total. The van der Waals surface area contributed by atoms with Crippen molar-refractivity contribution in [3.8, 4) is 0 Å². The Morgan fingerprint density at radius 1 is 1.46 bits per heavy atom. The Kier molecular flexibility index (Phi) is 5.85. The molecule has 1 saturated heterocycles. The van der Waals surface area contributed by atoms with Crippen LogP contribution in [-0.2, 0) is 20.0 Å². The number of halogens is 1. The number of nitrogens with one attached hydrogen (secondary N) is 1. The Morgan fingerprint density at radius 3 is 2.92 bits per heavy atom. The van der Waals surface area contributed by atoms with E-state index in [9.17, 15) is 9.90 Å². The van der Waals surface area contributed by atoms with Crippen molar-refractivity contribution in [3.63, 3.8) is 0 Å². The molecule has 140 valence electrons. The molecule has 0 aliphatic carbocycles. The van der Waals surface area contributed by atoms with Crippen molar-refractivity contribution in [1.82, 2.24) is 30.0 Å². The van der Waals surface area contributed by atoms with Gasteiger partial charge in [-0.05, 0) is 12.8 Å². The lowest BCUT2D eigenvalue weighted by Gasteiger charge is -2.36. The Hall–Kier alpha value is -2.03. The van der Waals surface area contributed by atoms with Crippen molar-refractivity contribution in [2.24, 2.45) is 7.05 Å². The third kappa shape index (κ3) is 4.03. The summed E-state index contributed by atoms with van der Waals surface area (Å²) in [5, 5.41) is 18.4. The molecule has 3 heterocycles. The fraction of sp³-hybridized carbons (Fsp3) is 0.529. The fourth-order valence-electron chi connectivity index (χ4n) is 3.23. The largest absolute Gasteiger partial charge is 0.390 e. The third-order valence-corrected chi connectivity index (χ3v) is 5.12. The zero-order valence-electron chi connectivity index (χ0n) is 14.9. The van der Waals surface area contributed by atoms with Gasteiger partial charge in [0, 0.05) is 44.6 Å². The molecule has 9 heteroatoms. The van der Waals surface area contributed by atoms with Crippen molar-refractivity contribution in [2.75, 3.05) is 13.1 Å². The number of amides is 1. The number of hydrogen-bond acceptors (Lipinski definition) is 6. The number of aromatic nitrogens is 4. The SMILES string of the molecule is CCc1nn(C)c(Cl)c1CN1CC[C@H](NC(=O)c2cnccn2)[C@@H](O)C1. The Balaban J connectivity index is 1.59. The summed E-state index contributed by atoms with van der Waals surface area (Å²) in [6.45, 7) is 3.89. The molecule has 1 aliphatic heterocycles. The van der Waals surface area contributed by atoms with Gasteiger partial charge in [0.05, 0.1) is 24.0 Å². The van der Waals surface area contributed by atoms with E-state index in [-0.39, 0.29) is 17.6 Å². The van der Waals surface area contributed by atoms with Gasteiger partial charge in [-0.1, -0.05) is 18.5 Å². The minimum Gasteiger partial charge on any atom is -0.390 e. The van der Waals surface area contributed by atoms with Gasteiger partial charge in [-0.15, -0.1) is 0 Å². The number of rotatable bonds is 5. The Labute approximate surface area is 157 Å². The minimum absolute atomic E-state index is 0.247. The van der Waals surface area contributed by atoms with E-state index in [2.05, 4.69) is 25.3 Å². The molecule has 2 aromatic rings. The summed E-state index contributed by atoms with van der Waals surface area (Å²) in [6, 6.07) is -0.309. The first-order valence-corrected chi connectivity index (χ1v) is 9.05. The highest BCUT2D eigenvalue weighted by atomic mass is 35.5. The van der Waals surface area contributed by atoms with E-state index in [1.807, 2.05) is 14.0 Å². The maximum atomic E-state index is 12.2. The summed E-state index contributed by atoms with van der Waals surface area (Å²) in [4.78, 5) is 22.2. The first kappa shape index (κ1) is 18.8. The van der Waals surface area contributed by atoms with Gasteiger partial charge in [0.15, 0.2) is 0 Å². The molecule has 2 atom stereocenters. The van der Waals surface area contributed by atoms with Crippen LogP contribution in [0.1, 0.15) is 35.1 Å². The lowest BCUT2D eigenvalue weighted by molar-refractivity contribution is 0.0347. The minimum atomic E-state index is -0.662. The highest BCUT2D eigenvalue weighted by Crippen LogP contribution is 2.23. The van der Waals surface area contributed by atoms with Crippen molar-refractivity contribution in [3.05, 3.63) is 40.7 Å². The van der Waals surface area contributed by atoms with Gasteiger partial charge < -0.3 is 10.4 Å². The van der Waals surface area contributed by atoms with Crippen LogP contribution in [0.2, 0.25) is 5.15 Å². The smallest absolute Gasteiger partial charge is 0.271 e. The second kappa shape index (κ2) is 8.11. The first-order chi connectivity index (χ1) is 12.5. The number of piperidine rings is 1. The number of likely N-dealkylation sites (tertiary alicyclic amines) is 1. The lowest BCUT2D eigenvalue weighted by atomic mass is 10.0. The van der Waals surface area contributed by atoms with Crippen LogP contribution in [0.3, 0.4) is 0 Å². The van der Waals surface area contributed by atoms with Gasteiger partial charge in [-0.3, -0.25) is 19.4 Å². The molecule has 0 radical (unpaired) electrons.